The van der Waals surface area contributed by atoms with E-state index in [-0.39, 0.29) is 17.6 Å². The van der Waals surface area contributed by atoms with Gasteiger partial charge in [-0.05, 0) is 49.2 Å². The molecule has 30 heavy (non-hydrogen) atoms. The van der Waals surface area contributed by atoms with Gasteiger partial charge in [-0.25, -0.2) is 0 Å². The standard InChI is InChI=1S/C23H29N3O3S/c1-29-19-14-12-18(13-15-19)23(24)26-21(27)11-7-2-3-8-16-25-22(28)17-30-20-9-5-4-6-10-20/h4-6,9-10,12-15H,2-3,7-8,11,16-17H2,1H3,(H,25,28)(H2,24,26,27). The van der Waals surface area contributed by atoms with Crippen LogP contribution in [0.4, 0.5) is 0 Å². The normalized spacial score (nSPS) is 11.2. The summed E-state index contributed by atoms with van der Waals surface area (Å²) < 4.78 is 5.10. The van der Waals surface area contributed by atoms with Crippen molar-refractivity contribution in [1.29, 1.82) is 0 Å². The summed E-state index contributed by atoms with van der Waals surface area (Å²) in [4.78, 5) is 28.9. The van der Waals surface area contributed by atoms with Gasteiger partial charge in [0.2, 0.25) is 11.8 Å². The van der Waals surface area contributed by atoms with Crippen molar-refractivity contribution in [2.45, 2.75) is 37.0 Å². The molecule has 0 unspecified atom stereocenters. The van der Waals surface area contributed by atoms with Gasteiger partial charge >= 0.3 is 0 Å². The van der Waals surface area contributed by atoms with E-state index in [0.29, 0.717) is 24.3 Å². The first-order valence-electron chi connectivity index (χ1n) is 10.0. The maximum Gasteiger partial charge on any atom is 0.247 e. The second-order valence-corrected chi connectivity index (χ2v) is 7.78. The molecule has 0 heterocycles. The van der Waals surface area contributed by atoms with Gasteiger partial charge in [-0.3, -0.25) is 9.59 Å². The van der Waals surface area contributed by atoms with Crippen molar-refractivity contribution in [1.82, 2.24) is 5.32 Å². The highest BCUT2D eigenvalue weighted by Crippen LogP contribution is 2.16. The summed E-state index contributed by atoms with van der Waals surface area (Å²) in [6, 6.07) is 17.0. The summed E-state index contributed by atoms with van der Waals surface area (Å²) in [7, 11) is 1.59. The largest absolute Gasteiger partial charge is 0.497 e. The zero-order chi connectivity index (χ0) is 21.6. The van der Waals surface area contributed by atoms with Crippen LogP contribution in [0.15, 0.2) is 64.5 Å². The van der Waals surface area contributed by atoms with Crippen molar-refractivity contribution in [2.24, 2.45) is 10.7 Å². The number of amides is 2. The van der Waals surface area contributed by atoms with Crippen LogP contribution < -0.4 is 15.8 Å². The van der Waals surface area contributed by atoms with Crippen LogP contribution in [0.3, 0.4) is 0 Å². The zero-order valence-corrected chi connectivity index (χ0v) is 18.1. The summed E-state index contributed by atoms with van der Waals surface area (Å²) in [5, 5.41) is 2.93. The smallest absolute Gasteiger partial charge is 0.247 e. The molecular weight excluding hydrogens is 398 g/mol. The second-order valence-electron chi connectivity index (χ2n) is 6.74. The van der Waals surface area contributed by atoms with Gasteiger partial charge in [0.1, 0.15) is 11.6 Å². The van der Waals surface area contributed by atoms with Crippen LogP contribution in [0, 0.1) is 0 Å². The van der Waals surface area contributed by atoms with Crippen LogP contribution >= 0.6 is 11.8 Å². The molecule has 0 saturated heterocycles. The van der Waals surface area contributed by atoms with Crippen molar-refractivity contribution >= 4 is 29.4 Å². The molecule has 0 aromatic heterocycles. The van der Waals surface area contributed by atoms with Gasteiger partial charge in [-0.1, -0.05) is 31.0 Å². The first-order chi connectivity index (χ1) is 14.6. The average molecular weight is 428 g/mol. The minimum Gasteiger partial charge on any atom is -0.497 e. The van der Waals surface area contributed by atoms with Gasteiger partial charge in [0, 0.05) is 23.4 Å². The molecule has 2 aromatic carbocycles. The fraction of sp³-hybridized carbons (Fsp3) is 0.348. The van der Waals surface area contributed by atoms with Crippen molar-refractivity contribution in [3.05, 3.63) is 60.2 Å². The third-order valence-corrected chi connectivity index (χ3v) is 5.40. The summed E-state index contributed by atoms with van der Waals surface area (Å²) in [6.45, 7) is 0.657. The number of methoxy groups -OCH3 is 1. The number of carbonyl (C=O) groups is 2. The van der Waals surface area contributed by atoms with E-state index in [1.54, 1.807) is 31.4 Å². The topological polar surface area (TPSA) is 93.8 Å². The molecule has 0 fully saturated rings. The molecule has 2 aromatic rings. The van der Waals surface area contributed by atoms with Crippen LogP contribution in [0.1, 0.15) is 37.7 Å². The number of aliphatic imine (C=N–C) groups is 1. The Labute approximate surface area is 182 Å². The Hall–Kier alpha value is -2.80. The van der Waals surface area contributed by atoms with E-state index in [1.807, 2.05) is 30.3 Å². The van der Waals surface area contributed by atoms with E-state index in [9.17, 15) is 9.59 Å². The highest BCUT2D eigenvalue weighted by atomic mass is 32.2. The van der Waals surface area contributed by atoms with Gasteiger partial charge in [-0.15, -0.1) is 11.8 Å². The van der Waals surface area contributed by atoms with Gasteiger partial charge in [0.05, 0.1) is 12.9 Å². The molecule has 2 amide bonds. The summed E-state index contributed by atoms with van der Waals surface area (Å²) in [5.41, 5.74) is 6.59. The van der Waals surface area contributed by atoms with Gasteiger partial charge in [-0.2, -0.15) is 4.99 Å². The maximum atomic E-state index is 12.0. The Morgan fingerprint density at radius 2 is 1.70 bits per heavy atom. The molecule has 0 bridgehead atoms. The lowest BCUT2D eigenvalue weighted by molar-refractivity contribution is -0.119. The van der Waals surface area contributed by atoms with E-state index >= 15 is 0 Å². The predicted octanol–water partition coefficient (Wildman–Crippen LogP) is 3.79. The maximum absolute atomic E-state index is 12.0. The molecule has 0 aliphatic rings. The third-order valence-electron chi connectivity index (χ3n) is 4.38. The number of rotatable bonds is 12. The Kier molecular flexibility index (Phi) is 10.5. The summed E-state index contributed by atoms with van der Waals surface area (Å²) in [5.74, 6) is 1.20. The molecular formula is C23H29N3O3S. The number of hydrogen-bond acceptors (Lipinski definition) is 4. The highest BCUT2D eigenvalue weighted by molar-refractivity contribution is 8.00. The predicted molar refractivity (Wildman–Crippen MR) is 122 cm³/mol. The molecule has 2 rings (SSSR count). The second kappa shape index (κ2) is 13.4. The molecule has 0 saturated carbocycles. The first-order valence-corrected chi connectivity index (χ1v) is 11.0. The van der Waals surface area contributed by atoms with Crippen molar-refractivity contribution < 1.29 is 14.3 Å². The van der Waals surface area contributed by atoms with E-state index < -0.39 is 0 Å². The molecule has 0 aliphatic carbocycles. The molecule has 3 N–H and O–H groups in total. The number of benzene rings is 2. The fourth-order valence-corrected chi connectivity index (χ4v) is 3.47. The Morgan fingerprint density at radius 3 is 2.40 bits per heavy atom. The number of nitrogens with one attached hydrogen (secondary N) is 1. The molecule has 7 heteroatoms. The highest BCUT2D eigenvalue weighted by Gasteiger charge is 2.05. The lowest BCUT2D eigenvalue weighted by Crippen LogP contribution is -2.26. The molecule has 0 atom stereocenters. The van der Waals surface area contributed by atoms with E-state index in [0.717, 1.165) is 36.3 Å². The van der Waals surface area contributed by atoms with E-state index in [1.165, 1.54) is 11.8 Å². The number of amidine groups is 1. The summed E-state index contributed by atoms with van der Waals surface area (Å²) in [6.07, 6.45) is 3.90. The average Bonchev–Trinajstić information content (AvgIpc) is 2.77. The molecule has 6 nitrogen and oxygen atoms in total. The Balaban J connectivity index is 1.53. The number of unbranched alkanes of at least 4 members (excludes halogenated alkanes) is 3. The van der Waals surface area contributed by atoms with E-state index in [2.05, 4.69) is 10.3 Å². The van der Waals surface area contributed by atoms with Crippen molar-refractivity contribution in [3.63, 3.8) is 0 Å². The zero-order valence-electron chi connectivity index (χ0n) is 17.3. The lowest BCUT2D eigenvalue weighted by Gasteiger charge is -2.05. The quantitative estimate of drug-likeness (QED) is 0.233. The summed E-state index contributed by atoms with van der Waals surface area (Å²) >= 11 is 1.53. The van der Waals surface area contributed by atoms with Gasteiger partial charge in [0.15, 0.2) is 0 Å². The molecule has 0 aliphatic heterocycles. The number of nitrogens with two attached hydrogens (primary N) is 1. The first kappa shape index (κ1) is 23.5. The number of ether oxygens (including phenoxy) is 1. The third kappa shape index (κ3) is 9.13. The van der Waals surface area contributed by atoms with Crippen molar-refractivity contribution in [2.75, 3.05) is 19.4 Å². The number of nitrogens with zero attached hydrogens (tertiary/aromatic N) is 1. The van der Waals surface area contributed by atoms with Crippen LogP contribution in [-0.2, 0) is 9.59 Å². The van der Waals surface area contributed by atoms with Gasteiger partial charge < -0.3 is 15.8 Å². The lowest BCUT2D eigenvalue weighted by atomic mass is 10.1. The van der Waals surface area contributed by atoms with Crippen LogP contribution in [-0.4, -0.2) is 37.1 Å². The number of hydrogen-bond donors (Lipinski definition) is 2. The monoisotopic (exact) mass is 427 g/mol. The van der Waals surface area contributed by atoms with Crippen molar-refractivity contribution in [3.8, 4) is 5.75 Å². The molecule has 0 spiro atoms. The molecule has 0 radical (unpaired) electrons. The molecule has 160 valence electrons. The van der Waals surface area contributed by atoms with Gasteiger partial charge in [0.25, 0.3) is 0 Å². The number of carbonyl (C=O) groups excluding carboxylic acids is 2. The number of thioether (sulfide) groups is 1. The Morgan fingerprint density at radius 1 is 1.00 bits per heavy atom. The Bertz CT molecular complexity index is 823. The van der Waals surface area contributed by atoms with E-state index in [4.69, 9.17) is 10.5 Å². The SMILES string of the molecule is COc1ccc(C(N)=NC(=O)CCCCCCNC(=O)CSc2ccccc2)cc1. The van der Waals surface area contributed by atoms with Crippen LogP contribution in [0.25, 0.3) is 0 Å². The minimum absolute atomic E-state index is 0.0439. The fourth-order valence-electron chi connectivity index (χ4n) is 2.72. The van der Waals surface area contributed by atoms with Crippen LogP contribution in [0.2, 0.25) is 0 Å². The van der Waals surface area contributed by atoms with Crippen LogP contribution in [0.5, 0.6) is 5.75 Å². The minimum atomic E-state index is -0.213.